The van der Waals surface area contributed by atoms with Crippen molar-refractivity contribution in [1.82, 2.24) is 5.16 Å². The minimum Gasteiger partial charge on any atom is -0.351 e. The predicted molar refractivity (Wildman–Crippen MR) is 68.3 cm³/mol. The number of nitrogens with one attached hydrogen (secondary N) is 1. The maximum atomic E-state index is 11.8. The van der Waals surface area contributed by atoms with Crippen molar-refractivity contribution in [1.29, 1.82) is 0 Å². The maximum Gasteiger partial charge on any atom is 0.294 e. The highest BCUT2D eigenvalue weighted by Crippen LogP contribution is 2.25. The van der Waals surface area contributed by atoms with Crippen LogP contribution < -0.4 is 5.32 Å². The lowest BCUT2D eigenvalue weighted by atomic mass is 10.2. The third-order valence-corrected chi connectivity index (χ3v) is 3.36. The molecule has 6 heteroatoms. The minimum atomic E-state index is -0.349. The lowest BCUT2D eigenvalue weighted by Gasteiger charge is -2.04. The van der Waals surface area contributed by atoms with Gasteiger partial charge in [-0.2, -0.15) is 0 Å². The SMILES string of the molecule is Cc1cnoc1C(=O)Nc1ccc(Br)c(Cl)c1. The van der Waals surface area contributed by atoms with Crippen LogP contribution in [0.25, 0.3) is 0 Å². The molecule has 2 aromatic rings. The minimum absolute atomic E-state index is 0.198. The summed E-state index contributed by atoms with van der Waals surface area (Å²) >= 11 is 9.19. The van der Waals surface area contributed by atoms with E-state index < -0.39 is 0 Å². The van der Waals surface area contributed by atoms with E-state index in [1.165, 1.54) is 6.20 Å². The van der Waals surface area contributed by atoms with E-state index in [0.717, 1.165) is 4.47 Å². The highest BCUT2D eigenvalue weighted by atomic mass is 79.9. The van der Waals surface area contributed by atoms with Crippen molar-refractivity contribution in [3.63, 3.8) is 0 Å². The highest BCUT2D eigenvalue weighted by Gasteiger charge is 2.14. The van der Waals surface area contributed by atoms with Crippen LogP contribution in [0.3, 0.4) is 0 Å². The third kappa shape index (κ3) is 2.68. The fraction of sp³-hybridized carbons (Fsp3) is 0.0909. The van der Waals surface area contributed by atoms with Gasteiger partial charge in [-0.05, 0) is 41.1 Å². The fourth-order valence-electron chi connectivity index (χ4n) is 1.27. The zero-order valence-electron chi connectivity index (χ0n) is 8.83. The normalized spacial score (nSPS) is 10.3. The molecule has 0 aliphatic heterocycles. The Hall–Kier alpha value is -1.33. The molecule has 0 saturated carbocycles. The molecule has 4 nitrogen and oxygen atoms in total. The second-order valence-electron chi connectivity index (χ2n) is 3.42. The molecule has 0 bridgehead atoms. The maximum absolute atomic E-state index is 11.8. The van der Waals surface area contributed by atoms with E-state index in [9.17, 15) is 4.79 Å². The topological polar surface area (TPSA) is 55.1 Å². The van der Waals surface area contributed by atoms with Crippen molar-refractivity contribution in [2.24, 2.45) is 0 Å². The van der Waals surface area contributed by atoms with Gasteiger partial charge in [-0.25, -0.2) is 0 Å². The Morgan fingerprint density at radius 1 is 1.53 bits per heavy atom. The van der Waals surface area contributed by atoms with Crippen molar-refractivity contribution in [3.8, 4) is 0 Å². The van der Waals surface area contributed by atoms with Crippen LogP contribution in [0, 0.1) is 6.92 Å². The van der Waals surface area contributed by atoms with Gasteiger partial charge < -0.3 is 9.84 Å². The summed E-state index contributed by atoms with van der Waals surface area (Å²) in [5.74, 6) is -0.151. The van der Waals surface area contributed by atoms with Crippen LogP contribution in [0.2, 0.25) is 5.02 Å². The summed E-state index contributed by atoms with van der Waals surface area (Å²) in [4.78, 5) is 11.8. The first-order chi connectivity index (χ1) is 8.08. The molecule has 1 aromatic carbocycles. The number of carbonyl (C=O) groups is 1. The number of hydrogen-bond donors (Lipinski definition) is 1. The number of aryl methyl sites for hydroxylation is 1. The number of halogens is 2. The smallest absolute Gasteiger partial charge is 0.294 e. The molecule has 0 aliphatic carbocycles. The van der Waals surface area contributed by atoms with Gasteiger partial charge in [0.2, 0.25) is 5.76 Å². The molecule has 0 saturated heterocycles. The summed E-state index contributed by atoms with van der Waals surface area (Å²) in [6, 6.07) is 5.14. The first-order valence-corrected chi connectivity index (χ1v) is 5.92. The van der Waals surface area contributed by atoms with Crippen molar-refractivity contribution in [2.75, 3.05) is 5.32 Å². The second kappa shape index (κ2) is 4.89. The monoisotopic (exact) mass is 314 g/mol. The molecule has 0 radical (unpaired) electrons. The molecular weight excluding hydrogens is 307 g/mol. The van der Waals surface area contributed by atoms with Crippen LogP contribution in [0.15, 0.2) is 33.4 Å². The average molecular weight is 316 g/mol. The number of anilines is 1. The van der Waals surface area contributed by atoms with Crippen molar-refractivity contribution in [3.05, 3.63) is 45.2 Å². The first-order valence-electron chi connectivity index (χ1n) is 4.75. The average Bonchev–Trinajstić information content (AvgIpc) is 2.70. The summed E-state index contributed by atoms with van der Waals surface area (Å²) < 4.78 is 5.62. The Morgan fingerprint density at radius 2 is 2.29 bits per heavy atom. The summed E-state index contributed by atoms with van der Waals surface area (Å²) in [6.07, 6.45) is 1.49. The molecule has 1 N–H and O–H groups in total. The fourth-order valence-corrected chi connectivity index (χ4v) is 1.70. The van der Waals surface area contributed by atoms with E-state index in [-0.39, 0.29) is 11.7 Å². The van der Waals surface area contributed by atoms with Crippen LogP contribution in [0.4, 0.5) is 5.69 Å². The van der Waals surface area contributed by atoms with Gasteiger partial charge in [0.1, 0.15) is 0 Å². The molecular formula is C11H8BrClN2O2. The van der Waals surface area contributed by atoms with Crippen molar-refractivity contribution < 1.29 is 9.32 Å². The van der Waals surface area contributed by atoms with Gasteiger partial charge in [-0.1, -0.05) is 16.8 Å². The molecule has 1 heterocycles. The number of carbonyl (C=O) groups excluding carboxylic acids is 1. The Kier molecular flexibility index (Phi) is 3.49. The zero-order valence-corrected chi connectivity index (χ0v) is 11.2. The molecule has 17 heavy (non-hydrogen) atoms. The molecule has 0 spiro atoms. The number of aromatic nitrogens is 1. The van der Waals surface area contributed by atoms with Gasteiger partial charge in [0.05, 0.1) is 11.2 Å². The van der Waals surface area contributed by atoms with E-state index in [4.69, 9.17) is 16.1 Å². The molecule has 1 aromatic heterocycles. The quantitative estimate of drug-likeness (QED) is 0.920. The van der Waals surface area contributed by atoms with E-state index in [1.807, 2.05) is 0 Å². The van der Waals surface area contributed by atoms with E-state index in [0.29, 0.717) is 16.3 Å². The lowest BCUT2D eigenvalue weighted by Crippen LogP contribution is -2.12. The molecule has 0 unspecified atom stereocenters. The molecule has 0 atom stereocenters. The van der Waals surface area contributed by atoms with Gasteiger partial charge in [-0.3, -0.25) is 4.79 Å². The standard InChI is InChI=1S/C11H8BrClN2O2/c1-6-5-14-17-10(6)11(16)15-7-2-3-8(12)9(13)4-7/h2-5H,1H3,(H,15,16). The first kappa shape index (κ1) is 12.1. The molecule has 0 aliphatic rings. The number of benzene rings is 1. The largest absolute Gasteiger partial charge is 0.351 e. The predicted octanol–water partition coefficient (Wildman–Crippen LogP) is 3.65. The summed E-state index contributed by atoms with van der Waals surface area (Å²) in [7, 11) is 0. The number of hydrogen-bond acceptors (Lipinski definition) is 3. The lowest BCUT2D eigenvalue weighted by molar-refractivity contribution is 0.0987. The number of nitrogens with zero attached hydrogens (tertiary/aromatic N) is 1. The summed E-state index contributed by atoms with van der Waals surface area (Å²) in [5.41, 5.74) is 1.28. The van der Waals surface area contributed by atoms with E-state index in [2.05, 4.69) is 26.4 Å². The molecule has 2 rings (SSSR count). The Labute approximate surface area is 111 Å². The van der Waals surface area contributed by atoms with E-state index >= 15 is 0 Å². The van der Waals surface area contributed by atoms with Gasteiger partial charge >= 0.3 is 0 Å². The Balaban J connectivity index is 2.19. The Morgan fingerprint density at radius 3 is 2.88 bits per heavy atom. The Bertz CT molecular complexity index is 568. The summed E-state index contributed by atoms with van der Waals surface area (Å²) in [5, 5.41) is 6.75. The van der Waals surface area contributed by atoms with Gasteiger partial charge in [0.15, 0.2) is 0 Å². The number of amides is 1. The van der Waals surface area contributed by atoms with Gasteiger partial charge in [0, 0.05) is 15.7 Å². The van der Waals surface area contributed by atoms with Crippen LogP contribution in [0.5, 0.6) is 0 Å². The van der Waals surface area contributed by atoms with Gasteiger partial charge in [-0.15, -0.1) is 0 Å². The van der Waals surface area contributed by atoms with Crippen LogP contribution in [0.1, 0.15) is 16.1 Å². The van der Waals surface area contributed by atoms with Crippen LogP contribution in [-0.4, -0.2) is 11.1 Å². The highest BCUT2D eigenvalue weighted by molar-refractivity contribution is 9.10. The summed E-state index contributed by atoms with van der Waals surface area (Å²) in [6.45, 7) is 1.75. The zero-order chi connectivity index (χ0) is 12.4. The van der Waals surface area contributed by atoms with Crippen LogP contribution in [-0.2, 0) is 0 Å². The molecule has 0 fully saturated rings. The second-order valence-corrected chi connectivity index (χ2v) is 4.68. The van der Waals surface area contributed by atoms with Crippen LogP contribution >= 0.6 is 27.5 Å². The molecule has 1 amide bonds. The van der Waals surface area contributed by atoms with Gasteiger partial charge in [0.25, 0.3) is 5.91 Å². The number of rotatable bonds is 2. The molecule has 88 valence electrons. The third-order valence-electron chi connectivity index (χ3n) is 2.13. The van der Waals surface area contributed by atoms with Crippen molar-refractivity contribution >= 4 is 39.1 Å². The van der Waals surface area contributed by atoms with E-state index in [1.54, 1.807) is 25.1 Å². The van der Waals surface area contributed by atoms with Crippen molar-refractivity contribution in [2.45, 2.75) is 6.92 Å².